The Morgan fingerprint density at radius 3 is 2.81 bits per heavy atom. The van der Waals surface area contributed by atoms with E-state index in [2.05, 4.69) is 43.4 Å². The van der Waals surface area contributed by atoms with Gasteiger partial charge in [-0.2, -0.15) is 0 Å². The van der Waals surface area contributed by atoms with E-state index in [0.29, 0.717) is 6.04 Å². The summed E-state index contributed by atoms with van der Waals surface area (Å²) in [7, 11) is 0. The Hall–Kier alpha value is -0.820. The van der Waals surface area contributed by atoms with Crippen molar-refractivity contribution < 1.29 is 0 Å². The fraction of sp³-hybridized carbons (Fsp3) is 0.600. The van der Waals surface area contributed by atoms with E-state index < -0.39 is 0 Å². The molecule has 1 unspecified atom stereocenters. The average Bonchev–Trinajstić information content (AvgIpc) is 2.21. The van der Waals surface area contributed by atoms with Crippen molar-refractivity contribution in [2.75, 3.05) is 6.54 Å². The molecule has 0 aromatic heterocycles. The van der Waals surface area contributed by atoms with Crippen molar-refractivity contribution in [2.45, 2.75) is 45.6 Å². The van der Waals surface area contributed by atoms with Crippen LogP contribution in [0.25, 0.3) is 0 Å². The van der Waals surface area contributed by atoms with Gasteiger partial charge in [0.05, 0.1) is 0 Å². The number of hydrogen-bond donors (Lipinski definition) is 1. The monoisotopic (exact) mass is 217 g/mol. The van der Waals surface area contributed by atoms with Gasteiger partial charge in [-0.15, -0.1) is 0 Å². The van der Waals surface area contributed by atoms with E-state index >= 15 is 0 Å². The summed E-state index contributed by atoms with van der Waals surface area (Å²) < 4.78 is 0. The van der Waals surface area contributed by atoms with Crippen LogP contribution in [0.4, 0.5) is 0 Å². The van der Waals surface area contributed by atoms with Gasteiger partial charge in [0, 0.05) is 6.04 Å². The van der Waals surface area contributed by atoms with E-state index in [9.17, 15) is 0 Å². The summed E-state index contributed by atoms with van der Waals surface area (Å²) in [6.45, 7) is 5.58. The zero-order chi connectivity index (χ0) is 11.4. The van der Waals surface area contributed by atoms with E-state index in [0.717, 1.165) is 5.92 Å². The van der Waals surface area contributed by atoms with Crippen molar-refractivity contribution in [3.63, 3.8) is 0 Å². The standard InChI is InChI=1S/C15H23N/c1-12-5-3-8-15(11-12)13(2)16-10-9-14-6-4-7-14/h3,5,8,11,13-14,16H,4,6-7,9-10H2,1-2H3. The van der Waals surface area contributed by atoms with E-state index in [1.807, 2.05) is 0 Å². The van der Waals surface area contributed by atoms with Crippen molar-refractivity contribution >= 4 is 0 Å². The molecule has 16 heavy (non-hydrogen) atoms. The third kappa shape index (κ3) is 3.08. The SMILES string of the molecule is Cc1cccc(C(C)NCCC2CCC2)c1. The van der Waals surface area contributed by atoms with E-state index in [-0.39, 0.29) is 0 Å². The molecule has 0 bridgehead atoms. The zero-order valence-corrected chi connectivity index (χ0v) is 10.5. The largest absolute Gasteiger partial charge is 0.310 e. The van der Waals surface area contributed by atoms with Crippen LogP contribution < -0.4 is 5.32 Å². The van der Waals surface area contributed by atoms with Crippen molar-refractivity contribution in [3.05, 3.63) is 35.4 Å². The maximum Gasteiger partial charge on any atom is 0.0291 e. The lowest BCUT2D eigenvalue weighted by atomic mass is 9.83. The topological polar surface area (TPSA) is 12.0 Å². The molecular weight excluding hydrogens is 194 g/mol. The lowest BCUT2D eigenvalue weighted by Crippen LogP contribution is -2.24. The van der Waals surface area contributed by atoms with Crippen LogP contribution in [0.2, 0.25) is 0 Å². The first kappa shape index (κ1) is 11.7. The van der Waals surface area contributed by atoms with Crippen LogP contribution in [0.1, 0.15) is 49.8 Å². The van der Waals surface area contributed by atoms with E-state index in [1.54, 1.807) is 0 Å². The van der Waals surface area contributed by atoms with Gasteiger partial charge in [-0.25, -0.2) is 0 Å². The highest BCUT2D eigenvalue weighted by atomic mass is 14.9. The Labute approximate surface area is 99.3 Å². The molecule has 0 spiro atoms. The Balaban J connectivity index is 1.76. The maximum absolute atomic E-state index is 3.63. The second-order valence-electron chi connectivity index (χ2n) is 5.18. The lowest BCUT2D eigenvalue weighted by molar-refractivity contribution is 0.288. The quantitative estimate of drug-likeness (QED) is 0.790. The molecule has 1 aromatic rings. The van der Waals surface area contributed by atoms with Gasteiger partial charge in [0.2, 0.25) is 0 Å². The Morgan fingerprint density at radius 1 is 1.38 bits per heavy atom. The molecule has 1 aromatic carbocycles. The normalized spacial score (nSPS) is 18.1. The van der Waals surface area contributed by atoms with E-state index in [1.165, 1.54) is 43.4 Å². The Bertz CT molecular complexity index is 328. The molecule has 1 N–H and O–H groups in total. The molecule has 1 saturated carbocycles. The van der Waals surface area contributed by atoms with Gasteiger partial charge >= 0.3 is 0 Å². The Morgan fingerprint density at radius 2 is 2.19 bits per heavy atom. The van der Waals surface area contributed by atoms with Crippen LogP contribution >= 0.6 is 0 Å². The first-order valence-electron chi connectivity index (χ1n) is 6.55. The van der Waals surface area contributed by atoms with Crippen LogP contribution in [0.3, 0.4) is 0 Å². The minimum atomic E-state index is 0.486. The minimum absolute atomic E-state index is 0.486. The van der Waals surface area contributed by atoms with Crippen molar-refractivity contribution in [1.82, 2.24) is 5.32 Å². The number of hydrogen-bond acceptors (Lipinski definition) is 1. The highest BCUT2D eigenvalue weighted by molar-refractivity contribution is 5.24. The van der Waals surface area contributed by atoms with Crippen LogP contribution in [0, 0.1) is 12.8 Å². The van der Waals surface area contributed by atoms with Crippen molar-refractivity contribution in [3.8, 4) is 0 Å². The Kier molecular flexibility index (Phi) is 4.00. The summed E-state index contributed by atoms with van der Waals surface area (Å²) in [5.74, 6) is 1.01. The van der Waals surface area contributed by atoms with Gasteiger partial charge < -0.3 is 5.32 Å². The first-order valence-corrected chi connectivity index (χ1v) is 6.55. The molecule has 1 atom stereocenters. The van der Waals surface area contributed by atoms with Gasteiger partial charge in [0.1, 0.15) is 0 Å². The molecule has 88 valence electrons. The number of nitrogens with one attached hydrogen (secondary N) is 1. The number of aryl methyl sites for hydroxylation is 1. The summed E-state index contributed by atoms with van der Waals surface area (Å²) in [6.07, 6.45) is 5.73. The van der Waals surface area contributed by atoms with Crippen LogP contribution in [-0.2, 0) is 0 Å². The van der Waals surface area contributed by atoms with Crippen molar-refractivity contribution in [1.29, 1.82) is 0 Å². The second kappa shape index (κ2) is 5.49. The average molecular weight is 217 g/mol. The fourth-order valence-corrected chi connectivity index (χ4v) is 2.34. The summed E-state index contributed by atoms with van der Waals surface area (Å²) in [4.78, 5) is 0. The van der Waals surface area contributed by atoms with Crippen LogP contribution in [0.5, 0.6) is 0 Å². The van der Waals surface area contributed by atoms with Gasteiger partial charge in [-0.3, -0.25) is 0 Å². The molecule has 0 aliphatic heterocycles. The molecule has 1 aliphatic carbocycles. The zero-order valence-electron chi connectivity index (χ0n) is 10.5. The number of benzene rings is 1. The predicted molar refractivity (Wildman–Crippen MR) is 69.6 cm³/mol. The van der Waals surface area contributed by atoms with Crippen LogP contribution in [-0.4, -0.2) is 6.54 Å². The molecule has 1 heteroatoms. The maximum atomic E-state index is 3.63. The summed E-state index contributed by atoms with van der Waals surface area (Å²) in [6, 6.07) is 9.29. The highest BCUT2D eigenvalue weighted by Crippen LogP contribution is 2.29. The van der Waals surface area contributed by atoms with E-state index in [4.69, 9.17) is 0 Å². The first-order chi connectivity index (χ1) is 7.75. The summed E-state index contributed by atoms with van der Waals surface area (Å²) >= 11 is 0. The molecule has 0 radical (unpaired) electrons. The van der Waals surface area contributed by atoms with Gasteiger partial charge in [-0.05, 0) is 38.3 Å². The molecular formula is C15H23N. The van der Waals surface area contributed by atoms with Crippen LogP contribution in [0.15, 0.2) is 24.3 Å². The van der Waals surface area contributed by atoms with Gasteiger partial charge in [0.25, 0.3) is 0 Å². The highest BCUT2D eigenvalue weighted by Gasteiger charge is 2.16. The van der Waals surface area contributed by atoms with Gasteiger partial charge in [0.15, 0.2) is 0 Å². The molecule has 1 aliphatic rings. The van der Waals surface area contributed by atoms with Crippen molar-refractivity contribution in [2.24, 2.45) is 5.92 Å². The third-order valence-electron chi connectivity index (χ3n) is 3.77. The predicted octanol–water partition coefficient (Wildman–Crippen LogP) is 3.84. The molecule has 0 saturated heterocycles. The smallest absolute Gasteiger partial charge is 0.0291 e. The minimum Gasteiger partial charge on any atom is -0.310 e. The number of rotatable bonds is 5. The second-order valence-corrected chi connectivity index (χ2v) is 5.18. The third-order valence-corrected chi connectivity index (χ3v) is 3.77. The molecule has 1 nitrogen and oxygen atoms in total. The molecule has 0 heterocycles. The molecule has 2 rings (SSSR count). The summed E-state index contributed by atoms with van der Waals surface area (Å²) in [5, 5.41) is 3.63. The fourth-order valence-electron chi connectivity index (χ4n) is 2.34. The molecule has 0 amide bonds. The lowest BCUT2D eigenvalue weighted by Gasteiger charge is -2.26. The molecule has 1 fully saturated rings. The van der Waals surface area contributed by atoms with Gasteiger partial charge in [-0.1, -0.05) is 49.1 Å². The summed E-state index contributed by atoms with van der Waals surface area (Å²) in [5.41, 5.74) is 2.76.